The first-order chi connectivity index (χ1) is 14.3. The summed E-state index contributed by atoms with van der Waals surface area (Å²) in [6.45, 7) is 0.0214. The number of hydrogen-bond acceptors (Lipinski definition) is 6. The zero-order valence-corrected chi connectivity index (χ0v) is 15.5. The van der Waals surface area contributed by atoms with Crippen LogP contribution in [0.5, 0.6) is 5.75 Å². The van der Waals surface area contributed by atoms with Gasteiger partial charge in [-0.1, -0.05) is 5.16 Å². The fraction of sp³-hybridized carbons (Fsp3) is 0.158. The molecule has 4 aromatic rings. The molecule has 0 radical (unpaired) electrons. The lowest BCUT2D eigenvalue weighted by Crippen LogP contribution is -2.06. The third-order valence-corrected chi connectivity index (χ3v) is 4.32. The summed E-state index contributed by atoms with van der Waals surface area (Å²) in [6.07, 6.45) is -1.42. The highest BCUT2D eigenvalue weighted by Gasteiger charge is 2.30. The zero-order valence-electron chi connectivity index (χ0n) is 15.5. The number of aromatic nitrogens is 5. The fourth-order valence-corrected chi connectivity index (χ4v) is 2.70. The monoisotopic (exact) mass is 417 g/mol. The van der Waals surface area contributed by atoms with Gasteiger partial charge in [-0.25, -0.2) is 0 Å². The first-order valence-electron chi connectivity index (χ1n) is 8.65. The summed E-state index contributed by atoms with van der Waals surface area (Å²) in [7, 11) is 1.69. The molecule has 0 saturated carbocycles. The van der Waals surface area contributed by atoms with Crippen LogP contribution in [-0.2, 0) is 19.8 Å². The second-order valence-corrected chi connectivity index (χ2v) is 6.30. The van der Waals surface area contributed by atoms with Crippen molar-refractivity contribution in [1.82, 2.24) is 24.9 Å². The summed E-state index contributed by atoms with van der Waals surface area (Å²) < 4.78 is 50.5. The Labute approximate surface area is 166 Å². The van der Waals surface area contributed by atoms with Crippen molar-refractivity contribution in [2.24, 2.45) is 7.05 Å². The summed E-state index contributed by atoms with van der Waals surface area (Å²) in [4.78, 5) is 18.0. The number of hydrogen-bond donors (Lipinski definition) is 1. The molecule has 30 heavy (non-hydrogen) atoms. The lowest BCUT2D eigenvalue weighted by molar-refractivity contribution is -0.137. The third-order valence-electron chi connectivity index (χ3n) is 4.32. The Kier molecular flexibility index (Phi) is 4.86. The van der Waals surface area contributed by atoms with Crippen LogP contribution in [0, 0.1) is 0 Å². The van der Waals surface area contributed by atoms with Crippen LogP contribution >= 0.6 is 0 Å². The average Bonchev–Trinajstić information content (AvgIpc) is 3.33. The van der Waals surface area contributed by atoms with E-state index in [4.69, 9.17) is 9.26 Å². The molecule has 0 aliphatic carbocycles. The van der Waals surface area contributed by atoms with Crippen molar-refractivity contribution in [3.63, 3.8) is 0 Å². The maximum absolute atomic E-state index is 12.7. The molecule has 8 nitrogen and oxygen atoms in total. The van der Waals surface area contributed by atoms with Crippen molar-refractivity contribution in [3.8, 4) is 28.6 Å². The van der Waals surface area contributed by atoms with Crippen molar-refractivity contribution >= 4 is 0 Å². The third kappa shape index (κ3) is 3.95. The number of H-pyrrole nitrogens is 1. The number of nitrogens with one attached hydrogen (secondary N) is 1. The van der Waals surface area contributed by atoms with Gasteiger partial charge in [0.05, 0.1) is 23.0 Å². The van der Waals surface area contributed by atoms with Gasteiger partial charge in [-0.15, -0.1) is 0 Å². The molecular weight excluding hydrogens is 403 g/mol. The van der Waals surface area contributed by atoms with E-state index < -0.39 is 11.7 Å². The van der Waals surface area contributed by atoms with Crippen LogP contribution in [0.4, 0.5) is 13.2 Å². The Balaban J connectivity index is 1.54. The number of aryl methyl sites for hydroxylation is 1. The number of rotatable bonds is 5. The molecule has 0 unspecified atom stereocenters. The summed E-state index contributed by atoms with van der Waals surface area (Å²) in [5.74, 6) is 0.740. The summed E-state index contributed by atoms with van der Waals surface area (Å²) >= 11 is 0. The van der Waals surface area contributed by atoms with E-state index in [0.29, 0.717) is 16.8 Å². The van der Waals surface area contributed by atoms with Gasteiger partial charge in [0.15, 0.2) is 0 Å². The van der Waals surface area contributed by atoms with Gasteiger partial charge in [-0.05, 0) is 30.3 Å². The van der Waals surface area contributed by atoms with Gasteiger partial charge in [0.25, 0.3) is 5.89 Å². The molecule has 0 bridgehead atoms. The van der Waals surface area contributed by atoms with E-state index in [2.05, 4.69) is 20.2 Å². The van der Waals surface area contributed by atoms with Crippen molar-refractivity contribution in [3.05, 3.63) is 70.4 Å². The number of ether oxygens (including phenoxy) is 1. The normalized spacial score (nSPS) is 11.6. The van der Waals surface area contributed by atoms with E-state index in [1.807, 2.05) is 0 Å². The van der Waals surface area contributed by atoms with Crippen molar-refractivity contribution in [1.29, 1.82) is 0 Å². The topological polar surface area (TPSA) is 98.8 Å². The van der Waals surface area contributed by atoms with Crippen LogP contribution < -0.4 is 10.3 Å². The Bertz CT molecular complexity index is 1200. The van der Waals surface area contributed by atoms with E-state index in [0.717, 1.165) is 12.1 Å². The van der Waals surface area contributed by atoms with Gasteiger partial charge >= 0.3 is 6.18 Å². The zero-order chi connectivity index (χ0) is 21.3. The first-order valence-corrected chi connectivity index (χ1v) is 8.65. The highest BCUT2D eigenvalue weighted by atomic mass is 19.4. The van der Waals surface area contributed by atoms with Gasteiger partial charge < -0.3 is 14.2 Å². The molecule has 0 fully saturated rings. The lowest BCUT2D eigenvalue weighted by atomic mass is 10.2. The first kappa shape index (κ1) is 19.4. The molecule has 0 spiro atoms. The molecule has 0 amide bonds. The molecule has 1 N–H and O–H groups in total. The molecule has 0 aliphatic rings. The van der Waals surface area contributed by atoms with E-state index in [1.165, 1.54) is 30.6 Å². The maximum atomic E-state index is 12.7. The van der Waals surface area contributed by atoms with E-state index in [-0.39, 0.29) is 29.6 Å². The number of alkyl halides is 3. The molecule has 1 aromatic carbocycles. The van der Waals surface area contributed by atoms with E-state index >= 15 is 0 Å². The van der Waals surface area contributed by atoms with Crippen molar-refractivity contribution in [2.75, 3.05) is 0 Å². The fourth-order valence-electron chi connectivity index (χ4n) is 2.70. The molecule has 4 rings (SSSR count). The van der Waals surface area contributed by atoms with E-state index in [9.17, 15) is 18.0 Å². The number of pyridine rings is 1. The van der Waals surface area contributed by atoms with Crippen molar-refractivity contribution in [2.45, 2.75) is 12.8 Å². The van der Waals surface area contributed by atoms with Crippen LogP contribution in [0.2, 0.25) is 0 Å². The largest absolute Gasteiger partial charge is 0.487 e. The van der Waals surface area contributed by atoms with Gasteiger partial charge in [0.2, 0.25) is 11.4 Å². The molecule has 154 valence electrons. The second kappa shape index (κ2) is 7.50. The van der Waals surface area contributed by atoms with Gasteiger partial charge in [0.1, 0.15) is 12.4 Å². The molecular formula is C19H14F3N5O3. The van der Waals surface area contributed by atoms with E-state index in [1.54, 1.807) is 17.8 Å². The second-order valence-electron chi connectivity index (χ2n) is 6.30. The molecule has 11 heteroatoms. The van der Waals surface area contributed by atoms with Crippen LogP contribution in [0.1, 0.15) is 11.3 Å². The maximum Gasteiger partial charge on any atom is 0.416 e. The summed E-state index contributed by atoms with van der Waals surface area (Å²) in [5.41, 5.74) is 0.671. The Morgan fingerprint density at radius 1 is 1.17 bits per heavy atom. The SMILES string of the molecule is Cn1ncc(-c2nc(-c3ccc(=O)[nH]c3)no2)c1COc1ccc(C(F)(F)F)cc1. The van der Waals surface area contributed by atoms with Crippen LogP contribution in [-0.4, -0.2) is 24.9 Å². The highest BCUT2D eigenvalue weighted by Crippen LogP contribution is 2.31. The predicted octanol–water partition coefficient (Wildman–Crippen LogP) is 3.42. The van der Waals surface area contributed by atoms with Gasteiger partial charge in [-0.3, -0.25) is 9.48 Å². The quantitative estimate of drug-likeness (QED) is 0.534. The number of nitrogens with zero attached hydrogens (tertiary/aromatic N) is 4. The smallest absolute Gasteiger partial charge is 0.416 e. The van der Waals surface area contributed by atoms with Crippen LogP contribution in [0.3, 0.4) is 0 Å². The molecule has 0 aliphatic heterocycles. The predicted molar refractivity (Wildman–Crippen MR) is 98.3 cm³/mol. The minimum absolute atomic E-state index is 0.0214. The van der Waals surface area contributed by atoms with Crippen LogP contribution in [0.15, 0.2) is 58.1 Å². The van der Waals surface area contributed by atoms with Crippen molar-refractivity contribution < 1.29 is 22.4 Å². The lowest BCUT2D eigenvalue weighted by Gasteiger charge is -2.10. The highest BCUT2D eigenvalue weighted by molar-refractivity contribution is 5.60. The minimum Gasteiger partial charge on any atom is -0.487 e. The minimum atomic E-state index is -4.41. The summed E-state index contributed by atoms with van der Waals surface area (Å²) in [5, 5.41) is 8.06. The number of aromatic amines is 1. The molecule has 0 atom stereocenters. The Morgan fingerprint density at radius 2 is 1.93 bits per heavy atom. The summed E-state index contributed by atoms with van der Waals surface area (Å²) in [6, 6.07) is 7.31. The average molecular weight is 417 g/mol. The molecule has 0 saturated heterocycles. The van der Waals surface area contributed by atoms with Gasteiger partial charge in [0, 0.05) is 24.9 Å². The van der Waals surface area contributed by atoms with Crippen LogP contribution in [0.25, 0.3) is 22.8 Å². The standard InChI is InChI=1S/C19H14F3N5O3/c1-27-15(10-29-13-5-3-12(4-6-13)19(20,21)22)14(9-24-27)18-25-17(26-30-18)11-2-7-16(28)23-8-11/h2-9H,10H2,1H3,(H,23,28). The van der Waals surface area contributed by atoms with Gasteiger partial charge in [-0.2, -0.15) is 23.3 Å². The molecule has 3 aromatic heterocycles. The Morgan fingerprint density at radius 3 is 2.60 bits per heavy atom. The number of benzene rings is 1. The Hall–Kier alpha value is -3.89. The number of halogens is 3. The molecule has 3 heterocycles.